The summed E-state index contributed by atoms with van der Waals surface area (Å²) in [7, 11) is 0. The molecule has 1 aromatic rings. The van der Waals surface area contributed by atoms with Crippen molar-refractivity contribution >= 4 is 22.9 Å². The van der Waals surface area contributed by atoms with Crippen LogP contribution in [0.15, 0.2) is 5.38 Å². The number of likely N-dealkylation sites (tertiary alicyclic amines) is 1. The fraction of sp³-hybridized carbons (Fsp3) is 0.750. The number of thiazole rings is 1. The molecule has 96 valence electrons. The van der Waals surface area contributed by atoms with Crippen molar-refractivity contribution in [1.29, 1.82) is 0 Å². The molecular formula is C12H19ClN2OS. The predicted molar refractivity (Wildman–Crippen MR) is 71.4 cm³/mol. The van der Waals surface area contributed by atoms with Crippen LogP contribution in [-0.4, -0.2) is 34.2 Å². The van der Waals surface area contributed by atoms with Gasteiger partial charge in [0.2, 0.25) is 0 Å². The molecule has 3 nitrogen and oxygen atoms in total. The highest BCUT2D eigenvalue weighted by molar-refractivity contribution is 7.09. The Morgan fingerprint density at radius 3 is 3.06 bits per heavy atom. The van der Waals surface area contributed by atoms with Gasteiger partial charge in [0.1, 0.15) is 5.01 Å². The Bertz CT molecular complexity index is 371. The second kappa shape index (κ2) is 5.65. The van der Waals surface area contributed by atoms with Gasteiger partial charge in [-0.1, -0.05) is 6.92 Å². The molecule has 17 heavy (non-hydrogen) atoms. The van der Waals surface area contributed by atoms with Gasteiger partial charge in [-0.05, 0) is 19.3 Å². The van der Waals surface area contributed by atoms with Crippen LogP contribution in [0.5, 0.6) is 0 Å². The number of hydrogen-bond donors (Lipinski definition) is 1. The van der Waals surface area contributed by atoms with Crippen molar-refractivity contribution in [3.05, 3.63) is 16.1 Å². The Morgan fingerprint density at radius 2 is 2.47 bits per heavy atom. The standard InChI is InChI=1S/C12H19ClN2OS/c1-8-6-15(4-3-11(8)16)9(2)12-14-10(5-13)7-17-12/h7-9,11,16H,3-6H2,1-2H3. The number of halogens is 1. The summed E-state index contributed by atoms with van der Waals surface area (Å²) in [6.07, 6.45) is 0.715. The molecule has 0 radical (unpaired) electrons. The Hall–Kier alpha value is -0.160. The van der Waals surface area contributed by atoms with Crippen LogP contribution >= 0.6 is 22.9 Å². The number of nitrogens with zero attached hydrogens (tertiary/aromatic N) is 2. The number of aliphatic hydroxyl groups is 1. The summed E-state index contributed by atoms with van der Waals surface area (Å²) in [5, 5.41) is 12.9. The van der Waals surface area contributed by atoms with Crippen LogP contribution in [0.25, 0.3) is 0 Å². The normalized spacial score (nSPS) is 28.2. The SMILES string of the molecule is CC1CN(C(C)c2nc(CCl)cs2)CCC1O. The quantitative estimate of drug-likeness (QED) is 0.861. The molecule has 0 spiro atoms. The average Bonchev–Trinajstić information content (AvgIpc) is 2.80. The molecule has 3 unspecified atom stereocenters. The van der Waals surface area contributed by atoms with Gasteiger partial charge in [-0.25, -0.2) is 4.98 Å². The first-order valence-corrected chi connectivity index (χ1v) is 7.45. The zero-order valence-electron chi connectivity index (χ0n) is 10.3. The molecule has 2 rings (SSSR count). The number of piperidine rings is 1. The van der Waals surface area contributed by atoms with E-state index in [2.05, 4.69) is 23.7 Å². The van der Waals surface area contributed by atoms with Gasteiger partial charge in [-0.15, -0.1) is 22.9 Å². The molecule has 1 aliphatic rings. The van der Waals surface area contributed by atoms with Crippen LogP contribution in [0.2, 0.25) is 0 Å². The van der Waals surface area contributed by atoms with E-state index in [0.29, 0.717) is 17.8 Å². The number of aromatic nitrogens is 1. The van der Waals surface area contributed by atoms with Crippen molar-refractivity contribution < 1.29 is 5.11 Å². The molecule has 5 heteroatoms. The Morgan fingerprint density at radius 1 is 1.71 bits per heavy atom. The average molecular weight is 275 g/mol. The zero-order valence-corrected chi connectivity index (χ0v) is 11.8. The third kappa shape index (κ3) is 2.99. The lowest BCUT2D eigenvalue weighted by atomic mass is 9.96. The first kappa shape index (κ1) is 13.3. The van der Waals surface area contributed by atoms with Crippen LogP contribution in [0.1, 0.15) is 37.0 Å². The fourth-order valence-corrected chi connectivity index (χ4v) is 3.39. The number of rotatable bonds is 3. The Kier molecular flexibility index (Phi) is 4.42. The minimum absolute atomic E-state index is 0.145. The molecular weight excluding hydrogens is 256 g/mol. The lowest BCUT2D eigenvalue weighted by Crippen LogP contribution is -2.42. The van der Waals surface area contributed by atoms with Crippen molar-refractivity contribution in [3.63, 3.8) is 0 Å². The predicted octanol–water partition coefficient (Wildman–Crippen LogP) is 2.65. The van der Waals surface area contributed by atoms with Crippen LogP contribution in [0.3, 0.4) is 0 Å². The van der Waals surface area contributed by atoms with Crippen LogP contribution in [-0.2, 0) is 5.88 Å². The van der Waals surface area contributed by atoms with Gasteiger partial charge in [-0.2, -0.15) is 0 Å². The van der Waals surface area contributed by atoms with E-state index >= 15 is 0 Å². The molecule has 1 N–H and O–H groups in total. The summed E-state index contributed by atoms with van der Waals surface area (Å²) in [6, 6.07) is 0.326. The van der Waals surface area contributed by atoms with Gasteiger partial charge >= 0.3 is 0 Å². The number of aliphatic hydroxyl groups excluding tert-OH is 1. The Balaban J connectivity index is 2.02. The van der Waals surface area contributed by atoms with Gasteiger partial charge < -0.3 is 5.11 Å². The monoisotopic (exact) mass is 274 g/mol. The Labute approximate surface area is 111 Å². The minimum atomic E-state index is -0.145. The fourth-order valence-electron chi connectivity index (χ4n) is 2.25. The van der Waals surface area contributed by atoms with E-state index in [4.69, 9.17) is 11.6 Å². The van der Waals surface area contributed by atoms with E-state index in [0.717, 1.165) is 30.2 Å². The van der Waals surface area contributed by atoms with Crippen molar-refractivity contribution in [1.82, 2.24) is 9.88 Å². The molecule has 0 amide bonds. The largest absolute Gasteiger partial charge is 0.393 e. The van der Waals surface area contributed by atoms with E-state index in [-0.39, 0.29) is 6.10 Å². The zero-order chi connectivity index (χ0) is 12.4. The molecule has 0 saturated carbocycles. The third-order valence-corrected chi connectivity index (χ3v) is 4.84. The molecule has 1 fully saturated rings. The summed E-state index contributed by atoms with van der Waals surface area (Å²) in [4.78, 5) is 6.93. The summed E-state index contributed by atoms with van der Waals surface area (Å²) < 4.78 is 0. The molecule has 0 bridgehead atoms. The lowest BCUT2D eigenvalue weighted by Gasteiger charge is -2.37. The maximum atomic E-state index is 9.73. The second-order valence-electron chi connectivity index (χ2n) is 4.81. The van der Waals surface area contributed by atoms with E-state index < -0.39 is 0 Å². The van der Waals surface area contributed by atoms with E-state index in [9.17, 15) is 5.11 Å². The molecule has 2 heterocycles. The summed E-state index contributed by atoms with van der Waals surface area (Å²) in [5.41, 5.74) is 0.962. The highest BCUT2D eigenvalue weighted by Crippen LogP contribution is 2.28. The van der Waals surface area contributed by atoms with Crippen LogP contribution in [0.4, 0.5) is 0 Å². The van der Waals surface area contributed by atoms with Gasteiger partial charge in [0, 0.05) is 18.5 Å². The summed E-state index contributed by atoms with van der Waals surface area (Å²) >= 11 is 7.45. The molecule has 1 saturated heterocycles. The summed E-state index contributed by atoms with van der Waals surface area (Å²) in [5.74, 6) is 0.830. The molecule has 0 aliphatic carbocycles. The highest BCUT2D eigenvalue weighted by atomic mass is 35.5. The highest BCUT2D eigenvalue weighted by Gasteiger charge is 2.28. The maximum Gasteiger partial charge on any atom is 0.110 e. The van der Waals surface area contributed by atoms with Crippen molar-refractivity contribution in [2.45, 2.75) is 38.3 Å². The molecule has 1 aromatic heterocycles. The first-order chi connectivity index (χ1) is 8.11. The van der Waals surface area contributed by atoms with Crippen molar-refractivity contribution in [2.75, 3.05) is 13.1 Å². The van der Waals surface area contributed by atoms with E-state index in [1.807, 2.05) is 5.38 Å². The maximum absolute atomic E-state index is 9.73. The van der Waals surface area contributed by atoms with Gasteiger partial charge in [0.25, 0.3) is 0 Å². The van der Waals surface area contributed by atoms with Crippen LogP contribution in [0, 0.1) is 5.92 Å². The minimum Gasteiger partial charge on any atom is -0.393 e. The molecule has 1 aliphatic heterocycles. The van der Waals surface area contributed by atoms with Gasteiger partial charge in [0.05, 0.1) is 23.7 Å². The number of hydrogen-bond acceptors (Lipinski definition) is 4. The van der Waals surface area contributed by atoms with E-state index in [1.54, 1.807) is 11.3 Å². The molecule has 3 atom stereocenters. The lowest BCUT2D eigenvalue weighted by molar-refractivity contribution is 0.0198. The van der Waals surface area contributed by atoms with Crippen molar-refractivity contribution in [2.24, 2.45) is 5.92 Å². The van der Waals surface area contributed by atoms with E-state index in [1.165, 1.54) is 0 Å². The summed E-state index contributed by atoms with van der Waals surface area (Å²) in [6.45, 7) is 6.18. The van der Waals surface area contributed by atoms with Gasteiger partial charge in [0.15, 0.2) is 0 Å². The van der Waals surface area contributed by atoms with Crippen molar-refractivity contribution in [3.8, 4) is 0 Å². The topological polar surface area (TPSA) is 36.4 Å². The second-order valence-corrected chi connectivity index (χ2v) is 5.97. The first-order valence-electron chi connectivity index (χ1n) is 6.04. The van der Waals surface area contributed by atoms with Gasteiger partial charge in [-0.3, -0.25) is 4.90 Å². The smallest absolute Gasteiger partial charge is 0.110 e. The third-order valence-electron chi connectivity index (χ3n) is 3.50. The number of alkyl halides is 1. The molecule has 0 aromatic carbocycles. The van der Waals surface area contributed by atoms with Crippen LogP contribution < -0.4 is 0 Å².